The summed E-state index contributed by atoms with van der Waals surface area (Å²) < 4.78 is 10.7. The molecule has 7 heteroatoms. The fourth-order valence-corrected chi connectivity index (χ4v) is 2.57. The number of aryl methyl sites for hydroxylation is 1. The van der Waals surface area contributed by atoms with Crippen LogP contribution in [0.2, 0.25) is 0 Å². The molecular weight excluding hydrogens is 272 g/mol. The first-order valence-corrected chi connectivity index (χ1v) is 7.21. The Morgan fingerprint density at radius 2 is 2.24 bits per heavy atom. The lowest BCUT2D eigenvalue weighted by molar-refractivity contribution is -0.130. The van der Waals surface area contributed by atoms with Crippen LogP contribution in [0.4, 0.5) is 0 Å². The van der Waals surface area contributed by atoms with Gasteiger partial charge < -0.3 is 14.3 Å². The molecule has 3 rings (SSSR count). The van der Waals surface area contributed by atoms with E-state index in [9.17, 15) is 4.79 Å². The molecule has 0 unspecified atom stereocenters. The van der Waals surface area contributed by atoms with Crippen LogP contribution in [0.3, 0.4) is 0 Å². The average Bonchev–Trinajstić information content (AvgIpc) is 3.07. The highest BCUT2D eigenvalue weighted by atomic mass is 16.5. The van der Waals surface area contributed by atoms with Gasteiger partial charge in [0, 0.05) is 13.5 Å². The van der Waals surface area contributed by atoms with Gasteiger partial charge in [-0.05, 0) is 19.3 Å². The molecule has 0 atom stereocenters. The molecule has 0 aliphatic heterocycles. The van der Waals surface area contributed by atoms with Crippen LogP contribution in [-0.2, 0) is 16.6 Å². The highest BCUT2D eigenvalue weighted by Gasteiger charge is 2.50. The second-order valence-electron chi connectivity index (χ2n) is 5.31. The molecule has 1 aliphatic rings. The van der Waals surface area contributed by atoms with E-state index in [0.717, 1.165) is 32.1 Å². The third kappa shape index (κ3) is 2.22. The molecule has 1 fully saturated rings. The minimum absolute atomic E-state index is 0.0734. The number of carbonyl (C=O) groups excluding carboxylic acids is 1. The van der Waals surface area contributed by atoms with Gasteiger partial charge in [-0.1, -0.05) is 18.5 Å². The Labute approximate surface area is 122 Å². The van der Waals surface area contributed by atoms with Crippen molar-refractivity contribution in [2.45, 2.75) is 44.4 Å². The zero-order chi connectivity index (χ0) is 14.9. The topological polar surface area (TPSA) is 94.0 Å². The first kappa shape index (κ1) is 13.8. The van der Waals surface area contributed by atoms with Gasteiger partial charge in [0.25, 0.3) is 0 Å². The van der Waals surface area contributed by atoms with Crippen molar-refractivity contribution >= 4 is 5.91 Å². The van der Waals surface area contributed by atoms with E-state index in [4.69, 9.17) is 8.94 Å². The summed E-state index contributed by atoms with van der Waals surface area (Å²) >= 11 is 0. The van der Waals surface area contributed by atoms with E-state index >= 15 is 0 Å². The zero-order valence-corrected chi connectivity index (χ0v) is 12.2. The maximum atomic E-state index is 12.1. The maximum Gasteiger partial charge on any atom is 0.242 e. The Morgan fingerprint density at radius 1 is 1.43 bits per heavy atom. The largest absolute Gasteiger partial charge is 0.448 e. The summed E-state index contributed by atoms with van der Waals surface area (Å²) in [6, 6.07) is 0. The predicted octanol–water partition coefficient (Wildman–Crippen LogP) is 1.84. The molecule has 0 saturated heterocycles. The lowest BCUT2D eigenvalue weighted by Crippen LogP contribution is -2.48. The monoisotopic (exact) mass is 290 g/mol. The minimum atomic E-state index is -0.671. The third-order valence-corrected chi connectivity index (χ3v) is 3.95. The fourth-order valence-electron chi connectivity index (χ4n) is 2.57. The number of nitrogens with one attached hydrogen (secondary N) is 1. The van der Waals surface area contributed by atoms with E-state index in [1.807, 2.05) is 0 Å². The summed E-state index contributed by atoms with van der Waals surface area (Å²) in [5, 5.41) is 6.61. The lowest BCUT2D eigenvalue weighted by Gasteiger charge is -2.35. The van der Waals surface area contributed by atoms with Gasteiger partial charge in [-0.3, -0.25) is 4.79 Å². The molecule has 0 aromatic carbocycles. The lowest BCUT2D eigenvalue weighted by atomic mass is 9.68. The van der Waals surface area contributed by atoms with Crippen molar-refractivity contribution in [3.63, 3.8) is 0 Å². The van der Waals surface area contributed by atoms with Crippen LogP contribution >= 0.6 is 0 Å². The van der Waals surface area contributed by atoms with E-state index in [-0.39, 0.29) is 5.91 Å². The van der Waals surface area contributed by atoms with Crippen molar-refractivity contribution in [1.82, 2.24) is 20.4 Å². The van der Waals surface area contributed by atoms with Gasteiger partial charge in [0.2, 0.25) is 17.6 Å². The highest BCUT2D eigenvalue weighted by molar-refractivity contribution is 5.87. The van der Waals surface area contributed by atoms with Crippen LogP contribution in [0.5, 0.6) is 0 Å². The highest BCUT2D eigenvalue weighted by Crippen LogP contribution is 2.43. The van der Waals surface area contributed by atoms with Crippen LogP contribution in [0, 0.1) is 0 Å². The average molecular weight is 290 g/mol. The zero-order valence-electron chi connectivity index (χ0n) is 12.2. The van der Waals surface area contributed by atoms with Crippen molar-refractivity contribution in [1.29, 1.82) is 0 Å². The van der Waals surface area contributed by atoms with Crippen LogP contribution < -0.4 is 5.32 Å². The van der Waals surface area contributed by atoms with E-state index in [2.05, 4.69) is 27.4 Å². The molecule has 1 N–H and O–H groups in total. The van der Waals surface area contributed by atoms with Crippen molar-refractivity contribution in [2.24, 2.45) is 0 Å². The Kier molecular flexibility index (Phi) is 3.48. The first-order chi connectivity index (χ1) is 10.2. The number of hydrogen-bond acceptors (Lipinski definition) is 6. The number of hydrogen-bond donors (Lipinski definition) is 1. The number of nitrogens with zero attached hydrogens (tertiary/aromatic N) is 3. The molecule has 0 radical (unpaired) electrons. The van der Waals surface area contributed by atoms with Crippen molar-refractivity contribution < 1.29 is 13.7 Å². The summed E-state index contributed by atoms with van der Waals surface area (Å²) in [5.41, 5.74) is -0.129. The maximum absolute atomic E-state index is 12.1. The quantitative estimate of drug-likeness (QED) is 0.903. The summed E-state index contributed by atoms with van der Waals surface area (Å²) in [7, 11) is 1.62. The fraction of sp³-hybridized carbons (Fsp3) is 0.571. The third-order valence-electron chi connectivity index (χ3n) is 3.95. The van der Waals surface area contributed by atoms with Crippen molar-refractivity contribution in [3.8, 4) is 11.5 Å². The molecule has 112 valence electrons. The molecule has 7 nitrogen and oxygen atoms in total. The van der Waals surface area contributed by atoms with Gasteiger partial charge in [0.05, 0.1) is 0 Å². The Morgan fingerprint density at radius 3 is 2.86 bits per heavy atom. The van der Waals surface area contributed by atoms with Gasteiger partial charge in [0.15, 0.2) is 5.89 Å². The molecule has 1 aliphatic carbocycles. The molecular formula is C14H18N4O3. The van der Waals surface area contributed by atoms with Gasteiger partial charge in [0.1, 0.15) is 17.4 Å². The standard InChI is InChI=1S/C14H18N4O3/c1-3-5-10-16-9(8-20-10)11-17-13(21-18-11)14(6-4-7-14)12(19)15-2/h8H,3-7H2,1-2H3,(H,15,19). The molecule has 2 aromatic heterocycles. The Balaban J connectivity index is 1.87. The predicted molar refractivity (Wildman–Crippen MR) is 73.4 cm³/mol. The number of oxazole rings is 1. The summed E-state index contributed by atoms with van der Waals surface area (Å²) in [6.07, 6.45) is 5.69. The number of amides is 1. The van der Waals surface area contributed by atoms with E-state index < -0.39 is 5.41 Å². The second kappa shape index (κ2) is 5.31. The first-order valence-electron chi connectivity index (χ1n) is 7.21. The number of aromatic nitrogens is 3. The van der Waals surface area contributed by atoms with E-state index in [0.29, 0.717) is 23.3 Å². The summed E-state index contributed by atoms with van der Waals surface area (Å²) in [4.78, 5) is 20.8. The molecule has 21 heavy (non-hydrogen) atoms. The number of likely N-dealkylation sites (N-methyl/N-ethyl adjacent to an activating group) is 1. The van der Waals surface area contributed by atoms with Gasteiger partial charge >= 0.3 is 0 Å². The van der Waals surface area contributed by atoms with Crippen molar-refractivity contribution in [2.75, 3.05) is 7.05 Å². The molecule has 2 heterocycles. The van der Waals surface area contributed by atoms with Crippen LogP contribution in [-0.4, -0.2) is 28.1 Å². The molecule has 1 saturated carbocycles. The van der Waals surface area contributed by atoms with Crippen LogP contribution in [0.25, 0.3) is 11.5 Å². The van der Waals surface area contributed by atoms with Gasteiger partial charge in [-0.15, -0.1) is 0 Å². The number of carbonyl (C=O) groups is 1. The van der Waals surface area contributed by atoms with Crippen LogP contribution in [0.1, 0.15) is 44.4 Å². The van der Waals surface area contributed by atoms with Crippen LogP contribution in [0.15, 0.2) is 15.2 Å². The van der Waals surface area contributed by atoms with Gasteiger partial charge in [-0.2, -0.15) is 4.98 Å². The minimum Gasteiger partial charge on any atom is -0.448 e. The second-order valence-corrected chi connectivity index (χ2v) is 5.31. The molecule has 2 aromatic rings. The molecule has 0 bridgehead atoms. The smallest absolute Gasteiger partial charge is 0.242 e. The van der Waals surface area contributed by atoms with E-state index in [1.165, 1.54) is 6.26 Å². The summed E-state index contributed by atoms with van der Waals surface area (Å²) in [5.74, 6) is 1.31. The van der Waals surface area contributed by atoms with Gasteiger partial charge in [-0.25, -0.2) is 4.98 Å². The summed E-state index contributed by atoms with van der Waals surface area (Å²) in [6.45, 7) is 2.06. The normalized spacial score (nSPS) is 16.5. The molecule has 1 amide bonds. The Bertz CT molecular complexity index is 642. The molecule has 0 spiro atoms. The van der Waals surface area contributed by atoms with E-state index in [1.54, 1.807) is 7.05 Å². The van der Waals surface area contributed by atoms with Crippen molar-refractivity contribution in [3.05, 3.63) is 18.0 Å². The SMILES string of the molecule is CCCc1nc(-c2noc(C3(C(=O)NC)CCC3)n2)co1. The number of rotatable bonds is 5. The Hall–Kier alpha value is -2.18.